The topological polar surface area (TPSA) is 12.0 Å². The quantitative estimate of drug-likeness (QED) is 0.838. The van der Waals surface area contributed by atoms with Crippen molar-refractivity contribution in [3.63, 3.8) is 0 Å². The molecular weight excluding hydrogens is 230 g/mol. The molecule has 4 rings (SSSR count). The van der Waals surface area contributed by atoms with Gasteiger partial charge < -0.3 is 5.32 Å². The lowest BCUT2D eigenvalue weighted by Crippen LogP contribution is -2.28. The number of hydrogen-bond donors (Lipinski definition) is 1. The molecule has 1 nitrogen and oxygen atoms in total. The SMILES string of the molecule is Cc1ccc2c(c1)C(NCC(C1CC1)C1CC1)CC2. The van der Waals surface area contributed by atoms with Crippen molar-refractivity contribution in [3.05, 3.63) is 34.9 Å². The zero-order valence-corrected chi connectivity index (χ0v) is 12.0. The average Bonchev–Trinajstić information content (AvgIpc) is 3.30. The van der Waals surface area contributed by atoms with Crippen LogP contribution in [-0.2, 0) is 6.42 Å². The Morgan fingerprint density at radius 1 is 1.11 bits per heavy atom. The lowest BCUT2D eigenvalue weighted by Gasteiger charge is -2.21. The lowest BCUT2D eigenvalue weighted by molar-refractivity contribution is 0.355. The summed E-state index contributed by atoms with van der Waals surface area (Å²) in [6.07, 6.45) is 8.59. The molecular formula is C18H25N. The van der Waals surface area contributed by atoms with Gasteiger partial charge in [0.25, 0.3) is 0 Å². The molecule has 0 bridgehead atoms. The summed E-state index contributed by atoms with van der Waals surface area (Å²) in [6, 6.07) is 7.64. The molecule has 2 fully saturated rings. The van der Waals surface area contributed by atoms with Crippen LogP contribution in [0.15, 0.2) is 18.2 Å². The summed E-state index contributed by atoms with van der Waals surface area (Å²) >= 11 is 0. The highest BCUT2D eigenvalue weighted by atomic mass is 14.9. The van der Waals surface area contributed by atoms with Crippen LogP contribution in [0.25, 0.3) is 0 Å². The Hall–Kier alpha value is -0.820. The summed E-state index contributed by atoms with van der Waals surface area (Å²) in [4.78, 5) is 0. The maximum atomic E-state index is 3.91. The minimum Gasteiger partial charge on any atom is -0.310 e. The van der Waals surface area contributed by atoms with Gasteiger partial charge in [-0.2, -0.15) is 0 Å². The first-order valence-electron chi connectivity index (χ1n) is 8.14. The van der Waals surface area contributed by atoms with Gasteiger partial charge in [-0.15, -0.1) is 0 Å². The molecule has 0 heterocycles. The normalized spacial score (nSPS) is 25.9. The third kappa shape index (κ3) is 2.45. The van der Waals surface area contributed by atoms with Crippen LogP contribution in [0.3, 0.4) is 0 Å². The van der Waals surface area contributed by atoms with E-state index in [0.29, 0.717) is 6.04 Å². The summed E-state index contributed by atoms with van der Waals surface area (Å²) in [6.45, 7) is 3.49. The van der Waals surface area contributed by atoms with E-state index in [1.54, 1.807) is 11.1 Å². The van der Waals surface area contributed by atoms with Crippen molar-refractivity contribution >= 4 is 0 Å². The second kappa shape index (κ2) is 4.63. The van der Waals surface area contributed by atoms with Gasteiger partial charge in [0.2, 0.25) is 0 Å². The molecule has 0 saturated heterocycles. The van der Waals surface area contributed by atoms with Crippen LogP contribution in [0.2, 0.25) is 0 Å². The molecule has 3 aliphatic rings. The number of rotatable bonds is 5. The predicted molar refractivity (Wildman–Crippen MR) is 79.2 cm³/mol. The highest BCUT2D eigenvalue weighted by Gasteiger charge is 2.41. The Balaban J connectivity index is 1.42. The molecule has 19 heavy (non-hydrogen) atoms. The van der Waals surface area contributed by atoms with Gasteiger partial charge in [-0.05, 0) is 80.9 Å². The standard InChI is InChI=1S/C18H25N/c1-12-2-3-13-8-9-18(16(13)10-12)19-11-17(14-4-5-14)15-6-7-15/h2-3,10,14-15,17-19H,4-9,11H2,1H3. The third-order valence-corrected chi connectivity index (χ3v) is 5.43. The van der Waals surface area contributed by atoms with Gasteiger partial charge in [0.15, 0.2) is 0 Å². The largest absolute Gasteiger partial charge is 0.310 e. The number of aryl methyl sites for hydroxylation is 2. The van der Waals surface area contributed by atoms with Crippen molar-refractivity contribution < 1.29 is 0 Å². The molecule has 0 spiro atoms. The van der Waals surface area contributed by atoms with E-state index in [-0.39, 0.29) is 0 Å². The first-order chi connectivity index (χ1) is 9.31. The van der Waals surface area contributed by atoms with Gasteiger partial charge in [-0.1, -0.05) is 23.8 Å². The molecule has 0 aliphatic heterocycles. The van der Waals surface area contributed by atoms with E-state index in [4.69, 9.17) is 0 Å². The van der Waals surface area contributed by atoms with Crippen LogP contribution in [-0.4, -0.2) is 6.54 Å². The average molecular weight is 255 g/mol. The Kier molecular flexibility index (Phi) is 2.91. The number of nitrogens with one attached hydrogen (secondary N) is 1. The van der Waals surface area contributed by atoms with Gasteiger partial charge in [0, 0.05) is 6.04 Å². The van der Waals surface area contributed by atoms with Crippen molar-refractivity contribution in [1.82, 2.24) is 5.32 Å². The van der Waals surface area contributed by atoms with Crippen LogP contribution in [0.5, 0.6) is 0 Å². The molecule has 0 radical (unpaired) electrons. The Morgan fingerprint density at radius 3 is 2.53 bits per heavy atom. The van der Waals surface area contributed by atoms with Crippen LogP contribution in [0.1, 0.15) is 54.8 Å². The highest BCUT2D eigenvalue weighted by molar-refractivity contribution is 5.37. The minimum atomic E-state index is 0.634. The zero-order valence-electron chi connectivity index (χ0n) is 12.0. The van der Waals surface area contributed by atoms with Gasteiger partial charge in [-0.3, -0.25) is 0 Å². The molecule has 0 amide bonds. The summed E-state index contributed by atoms with van der Waals surface area (Å²) < 4.78 is 0. The smallest absolute Gasteiger partial charge is 0.0326 e. The third-order valence-electron chi connectivity index (χ3n) is 5.43. The lowest BCUT2D eigenvalue weighted by atomic mass is 9.97. The van der Waals surface area contributed by atoms with Crippen LogP contribution in [0, 0.1) is 24.7 Å². The van der Waals surface area contributed by atoms with E-state index in [0.717, 1.165) is 17.8 Å². The van der Waals surface area contributed by atoms with Crippen molar-refractivity contribution in [3.8, 4) is 0 Å². The predicted octanol–water partition coefficient (Wildman–Crippen LogP) is 4.01. The monoisotopic (exact) mass is 255 g/mol. The van der Waals surface area contributed by atoms with E-state index in [1.165, 1.54) is 50.6 Å². The molecule has 1 atom stereocenters. The number of benzene rings is 1. The van der Waals surface area contributed by atoms with Gasteiger partial charge in [0.05, 0.1) is 0 Å². The van der Waals surface area contributed by atoms with Crippen LogP contribution < -0.4 is 5.32 Å². The van der Waals surface area contributed by atoms with E-state index in [9.17, 15) is 0 Å². The Morgan fingerprint density at radius 2 is 1.84 bits per heavy atom. The van der Waals surface area contributed by atoms with E-state index < -0.39 is 0 Å². The van der Waals surface area contributed by atoms with Gasteiger partial charge >= 0.3 is 0 Å². The molecule has 0 aromatic heterocycles. The molecule has 3 aliphatic carbocycles. The van der Waals surface area contributed by atoms with Crippen LogP contribution in [0.4, 0.5) is 0 Å². The van der Waals surface area contributed by atoms with Crippen molar-refractivity contribution in [2.24, 2.45) is 17.8 Å². The Bertz CT molecular complexity index is 459. The maximum absolute atomic E-state index is 3.91. The minimum absolute atomic E-state index is 0.634. The summed E-state index contributed by atoms with van der Waals surface area (Å²) in [5, 5.41) is 3.91. The molecule has 2 saturated carbocycles. The van der Waals surface area contributed by atoms with E-state index in [2.05, 4.69) is 30.4 Å². The summed E-state index contributed by atoms with van der Waals surface area (Å²) in [7, 11) is 0. The summed E-state index contributed by atoms with van der Waals surface area (Å²) in [5.41, 5.74) is 4.58. The number of fused-ring (bicyclic) bond motifs is 1. The second-order valence-corrected chi connectivity index (χ2v) is 7.04. The van der Waals surface area contributed by atoms with Crippen molar-refractivity contribution in [1.29, 1.82) is 0 Å². The van der Waals surface area contributed by atoms with Crippen LogP contribution >= 0.6 is 0 Å². The first-order valence-corrected chi connectivity index (χ1v) is 8.14. The molecule has 102 valence electrons. The zero-order chi connectivity index (χ0) is 12.8. The van der Waals surface area contributed by atoms with E-state index in [1.807, 2.05) is 0 Å². The van der Waals surface area contributed by atoms with Crippen molar-refractivity contribution in [2.75, 3.05) is 6.54 Å². The van der Waals surface area contributed by atoms with Gasteiger partial charge in [-0.25, -0.2) is 0 Å². The fraction of sp³-hybridized carbons (Fsp3) is 0.667. The molecule has 1 unspecified atom stereocenters. The highest BCUT2D eigenvalue weighted by Crippen LogP contribution is 2.49. The molecule has 1 aromatic rings. The molecule has 1 heteroatoms. The Labute approximate surface area is 116 Å². The van der Waals surface area contributed by atoms with Crippen molar-refractivity contribution in [2.45, 2.75) is 51.5 Å². The first kappa shape index (κ1) is 12.0. The summed E-state index contributed by atoms with van der Waals surface area (Å²) in [5.74, 6) is 3.13. The fourth-order valence-electron chi connectivity index (χ4n) is 3.98. The fourth-order valence-corrected chi connectivity index (χ4v) is 3.98. The molecule has 1 aromatic carbocycles. The number of hydrogen-bond acceptors (Lipinski definition) is 1. The molecule has 1 N–H and O–H groups in total. The van der Waals surface area contributed by atoms with Gasteiger partial charge in [0.1, 0.15) is 0 Å². The maximum Gasteiger partial charge on any atom is 0.0326 e. The second-order valence-electron chi connectivity index (χ2n) is 7.04. The van der Waals surface area contributed by atoms with E-state index >= 15 is 0 Å².